The summed E-state index contributed by atoms with van der Waals surface area (Å²) in [5.41, 5.74) is 5.59. The van der Waals surface area contributed by atoms with Crippen LogP contribution in [0.3, 0.4) is 0 Å². The van der Waals surface area contributed by atoms with Gasteiger partial charge in [-0.15, -0.1) is 0 Å². The maximum atomic E-state index is 4.37. The van der Waals surface area contributed by atoms with Crippen LogP contribution in [-0.4, -0.2) is 15.2 Å². The molecule has 21 heavy (non-hydrogen) atoms. The third-order valence-corrected chi connectivity index (χ3v) is 4.54. The van der Waals surface area contributed by atoms with Gasteiger partial charge in [0.05, 0.1) is 0 Å². The molecule has 0 aliphatic rings. The highest BCUT2D eigenvalue weighted by atomic mass is 79.9. The Bertz CT molecular complexity index is 779. The van der Waals surface area contributed by atoms with E-state index in [1.165, 1.54) is 16.7 Å². The number of aromatic nitrogens is 3. The van der Waals surface area contributed by atoms with Crippen LogP contribution in [0.1, 0.15) is 22.4 Å². The lowest BCUT2D eigenvalue weighted by molar-refractivity contribution is 0.689. The Hall–Kier alpha value is -1.72. The van der Waals surface area contributed by atoms with Crippen molar-refractivity contribution in [2.24, 2.45) is 0 Å². The van der Waals surface area contributed by atoms with Crippen LogP contribution in [0.4, 0.5) is 0 Å². The van der Waals surface area contributed by atoms with E-state index in [4.69, 9.17) is 0 Å². The van der Waals surface area contributed by atoms with Crippen LogP contribution < -0.4 is 5.32 Å². The van der Waals surface area contributed by atoms with Crippen molar-refractivity contribution in [2.45, 2.75) is 26.9 Å². The number of pyridine rings is 1. The van der Waals surface area contributed by atoms with Gasteiger partial charge in [0.25, 0.3) is 0 Å². The average molecular weight is 345 g/mol. The highest BCUT2D eigenvalue weighted by molar-refractivity contribution is 9.10. The highest BCUT2D eigenvalue weighted by Gasteiger charge is 2.05. The van der Waals surface area contributed by atoms with Crippen molar-refractivity contribution in [1.82, 2.24) is 20.5 Å². The van der Waals surface area contributed by atoms with Crippen molar-refractivity contribution in [1.29, 1.82) is 0 Å². The molecule has 0 saturated carbocycles. The first-order valence-corrected chi connectivity index (χ1v) is 7.69. The fourth-order valence-corrected chi connectivity index (χ4v) is 2.75. The van der Waals surface area contributed by atoms with Crippen LogP contribution in [0, 0.1) is 13.8 Å². The van der Waals surface area contributed by atoms with Gasteiger partial charge < -0.3 is 5.32 Å². The van der Waals surface area contributed by atoms with Crippen molar-refractivity contribution < 1.29 is 0 Å². The number of aryl methyl sites for hydroxylation is 1. The maximum absolute atomic E-state index is 4.37. The predicted octanol–water partition coefficient (Wildman–Crippen LogP) is 3.63. The van der Waals surface area contributed by atoms with Gasteiger partial charge in [-0.05, 0) is 42.7 Å². The standard InChI is InChI=1S/C16H17BrN4/c1-10-13(4-3-5-15(10)17)9-18-7-12-6-14-11(2)20-21-16(14)19-8-12/h3-6,8,18H,7,9H2,1-2H3,(H,19,20,21). The smallest absolute Gasteiger partial charge is 0.181 e. The molecule has 0 aliphatic heterocycles. The SMILES string of the molecule is Cc1c(Br)cccc1CNCc1cnc2n[nH]c(C)c2c1. The van der Waals surface area contributed by atoms with E-state index in [1.54, 1.807) is 0 Å². The lowest BCUT2D eigenvalue weighted by atomic mass is 10.1. The molecule has 0 atom stereocenters. The van der Waals surface area contributed by atoms with E-state index in [9.17, 15) is 0 Å². The second kappa shape index (κ2) is 5.95. The zero-order valence-electron chi connectivity index (χ0n) is 12.1. The van der Waals surface area contributed by atoms with Gasteiger partial charge in [0.1, 0.15) is 0 Å². The van der Waals surface area contributed by atoms with E-state index in [-0.39, 0.29) is 0 Å². The number of H-pyrrole nitrogens is 1. The molecular formula is C16H17BrN4. The Morgan fingerprint density at radius 1 is 1.24 bits per heavy atom. The number of hydrogen-bond acceptors (Lipinski definition) is 3. The summed E-state index contributed by atoms with van der Waals surface area (Å²) in [6.45, 7) is 5.77. The normalized spacial score (nSPS) is 11.2. The molecule has 3 rings (SSSR count). The molecule has 0 spiro atoms. The van der Waals surface area contributed by atoms with Gasteiger partial charge in [-0.2, -0.15) is 5.10 Å². The van der Waals surface area contributed by atoms with Gasteiger partial charge in [-0.1, -0.05) is 28.1 Å². The Kier molecular flexibility index (Phi) is 4.03. The molecule has 0 aliphatic carbocycles. The predicted molar refractivity (Wildman–Crippen MR) is 88.0 cm³/mol. The van der Waals surface area contributed by atoms with E-state index in [0.717, 1.165) is 34.3 Å². The van der Waals surface area contributed by atoms with E-state index < -0.39 is 0 Å². The summed E-state index contributed by atoms with van der Waals surface area (Å²) in [5.74, 6) is 0. The minimum atomic E-state index is 0.777. The number of benzene rings is 1. The maximum Gasteiger partial charge on any atom is 0.181 e. The van der Waals surface area contributed by atoms with Gasteiger partial charge in [-0.25, -0.2) is 4.98 Å². The summed E-state index contributed by atoms with van der Waals surface area (Å²) < 4.78 is 1.15. The number of hydrogen-bond donors (Lipinski definition) is 2. The quantitative estimate of drug-likeness (QED) is 0.759. The minimum absolute atomic E-state index is 0.777. The molecule has 0 unspecified atom stereocenters. The molecule has 0 fully saturated rings. The van der Waals surface area contributed by atoms with E-state index >= 15 is 0 Å². The number of nitrogens with one attached hydrogen (secondary N) is 2. The molecule has 3 aromatic rings. The Morgan fingerprint density at radius 3 is 2.95 bits per heavy atom. The summed E-state index contributed by atoms with van der Waals surface area (Å²) in [7, 11) is 0. The number of fused-ring (bicyclic) bond motifs is 1. The molecule has 2 N–H and O–H groups in total. The molecule has 0 amide bonds. The summed E-state index contributed by atoms with van der Waals surface area (Å²) >= 11 is 3.57. The van der Waals surface area contributed by atoms with Crippen molar-refractivity contribution >= 4 is 27.0 Å². The minimum Gasteiger partial charge on any atom is -0.309 e. The van der Waals surface area contributed by atoms with E-state index in [2.05, 4.69) is 67.6 Å². The molecule has 2 aromatic heterocycles. The van der Waals surface area contributed by atoms with Gasteiger partial charge >= 0.3 is 0 Å². The van der Waals surface area contributed by atoms with Crippen LogP contribution in [0.25, 0.3) is 11.0 Å². The van der Waals surface area contributed by atoms with E-state index in [0.29, 0.717) is 0 Å². The lowest BCUT2D eigenvalue weighted by Crippen LogP contribution is -2.13. The summed E-state index contributed by atoms with van der Waals surface area (Å²) in [6.07, 6.45) is 1.88. The van der Waals surface area contributed by atoms with Crippen LogP contribution >= 0.6 is 15.9 Å². The molecular weight excluding hydrogens is 328 g/mol. The fraction of sp³-hybridized carbons (Fsp3) is 0.250. The van der Waals surface area contributed by atoms with Crippen molar-refractivity contribution in [3.63, 3.8) is 0 Å². The first kappa shape index (κ1) is 14.2. The second-order valence-corrected chi connectivity index (χ2v) is 6.05. The number of nitrogens with zero attached hydrogens (tertiary/aromatic N) is 2. The van der Waals surface area contributed by atoms with Crippen molar-refractivity contribution in [3.8, 4) is 0 Å². The Balaban J connectivity index is 1.69. The molecule has 108 valence electrons. The Morgan fingerprint density at radius 2 is 2.10 bits per heavy atom. The third kappa shape index (κ3) is 2.99. The lowest BCUT2D eigenvalue weighted by Gasteiger charge is -2.09. The molecule has 4 nitrogen and oxygen atoms in total. The van der Waals surface area contributed by atoms with E-state index in [1.807, 2.05) is 13.1 Å². The van der Waals surface area contributed by atoms with Gasteiger partial charge in [0, 0.05) is 34.8 Å². The second-order valence-electron chi connectivity index (χ2n) is 5.19. The topological polar surface area (TPSA) is 53.6 Å². The first-order valence-electron chi connectivity index (χ1n) is 6.89. The van der Waals surface area contributed by atoms with Gasteiger partial charge in [0.15, 0.2) is 5.65 Å². The largest absolute Gasteiger partial charge is 0.309 e. The number of aromatic amines is 1. The number of rotatable bonds is 4. The Labute approximate surface area is 132 Å². The van der Waals surface area contributed by atoms with Crippen LogP contribution in [0.2, 0.25) is 0 Å². The zero-order chi connectivity index (χ0) is 14.8. The van der Waals surface area contributed by atoms with Gasteiger partial charge in [-0.3, -0.25) is 5.10 Å². The summed E-state index contributed by atoms with van der Waals surface area (Å²) in [4.78, 5) is 4.37. The van der Waals surface area contributed by atoms with Crippen LogP contribution in [0.5, 0.6) is 0 Å². The molecule has 0 saturated heterocycles. The zero-order valence-corrected chi connectivity index (χ0v) is 13.7. The molecule has 2 heterocycles. The highest BCUT2D eigenvalue weighted by Crippen LogP contribution is 2.19. The molecule has 5 heteroatoms. The van der Waals surface area contributed by atoms with Gasteiger partial charge in [0.2, 0.25) is 0 Å². The van der Waals surface area contributed by atoms with Crippen LogP contribution in [0.15, 0.2) is 34.9 Å². The molecule has 0 radical (unpaired) electrons. The molecule has 1 aromatic carbocycles. The first-order chi connectivity index (χ1) is 10.1. The molecule has 0 bridgehead atoms. The van der Waals surface area contributed by atoms with Crippen LogP contribution in [-0.2, 0) is 13.1 Å². The summed E-state index contributed by atoms with van der Waals surface area (Å²) in [5, 5.41) is 11.7. The van der Waals surface area contributed by atoms with Crippen molar-refractivity contribution in [3.05, 3.63) is 57.3 Å². The monoisotopic (exact) mass is 344 g/mol. The summed E-state index contributed by atoms with van der Waals surface area (Å²) in [6, 6.07) is 8.42. The fourth-order valence-electron chi connectivity index (χ4n) is 2.34. The average Bonchev–Trinajstić information content (AvgIpc) is 2.85. The number of halogens is 1. The van der Waals surface area contributed by atoms with Crippen molar-refractivity contribution in [2.75, 3.05) is 0 Å². The third-order valence-electron chi connectivity index (χ3n) is 3.68.